The van der Waals surface area contributed by atoms with Crippen LogP contribution in [0.25, 0.3) is 0 Å². The molecule has 27 heavy (non-hydrogen) atoms. The second kappa shape index (κ2) is 8.79. The van der Waals surface area contributed by atoms with Gasteiger partial charge in [0.25, 0.3) is 5.91 Å². The number of halogens is 2. The van der Waals surface area contributed by atoms with Crippen LogP contribution < -0.4 is 20.1 Å². The average molecular weight is 376 g/mol. The second-order valence-electron chi connectivity index (χ2n) is 5.47. The Kier molecular flexibility index (Phi) is 6.48. The van der Waals surface area contributed by atoms with Gasteiger partial charge < -0.3 is 20.1 Å². The van der Waals surface area contributed by atoms with Gasteiger partial charge in [-0.15, -0.1) is 0 Å². The minimum Gasteiger partial charge on any atom is -0.497 e. The summed E-state index contributed by atoms with van der Waals surface area (Å²) in [6.45, 7) is 3.51. The van der Waals surface area contributed by atoms with Gasteiger partial charge >= 0.3 is 0 Å². The lowest BCUT2D eigenvalue weighted by atomic mass is 10.1. The second-order valence-corrected chi connectivity index (χ2v) is 5.47. The highest BCUT2D eigenvalue weighted by molar-refractivity contribution is 6.07. The fraction of sp³-hybridized carbons (Fsp3) is 0.158. The van der Waals surface area contributed by atoms with Gasteiger partial charge in [0, 0.05) is 17.7 Å². The number of ether oxygens (including phenoxy) is 2. The van der Waals surface area contributed by atoms with Gasteiger partial charge in [-0.3, -0.25) is 9.59 Å². The Morgan fingerprint density at radius 3 is 1.85 bits per heavy atom. The van der Waals surface area contributed by atoms with Crippen molar-refractivity contribution in [2.75, 3.05) is 24.9 Å². The SMILES string of the molecule is C=C(CC(=O)Nc1ccc(OC)cc1F)C(=O)Nc1ccc(OC)cc1F. The summed E-state index contributed by atoms with van der Waals surface area (Å²) >= 11 is 0. The van der Waals surface area contributed by atoms with Crippen molar-refractivity contribution in [3.8, 4) is 11.5 Å². The molecule has 0 unspecified atom stereocenters. The van der Waals surface area contributed by atoms with Gasteiger partial charge in [0.15, 0.2) is 0 Å². The van der Waals surface area contributed by atoms with E-state index in [0.717, 1.165) is 12.1 Å². The van der Waals surface area contributed by atoms with Gasteiger partial charge in [-0.2, -0.15) is 0 Å². The van der Waals surface area contributed by atoms with E-state index in [4.69, 9.17) is 9.47 Å². The summed E-state index contributed by atoms with van der Waals surface area (Å²) in [5.74, 6) is -2.15. The lowest BCUT2D eigenvalue weighted by Crippen LogP contribution is -2.20. The molecular weight excluding hydrogens is 358 g/mol. The lowest BCUT2D eigenvalue weighted by molar-refractivity contribution is -0.118. The monoisotopic (exact) mass is 376 g/mol. The van der Waals surface area contributed by atoms with E-state index in [0.29, 0.717) is 11.5 Å². The third-order valence-corrected chi connectivity index (χ3v) is 3.57. The number of anilines is 2. The van der Waals surface area contributed by atoms with Crippen LogP contribution in [0.3, 0.4) is 0 Å². The number of amides is 2. The third kappa shape index (κ3) is 5.27. The smallest absolute Gasteiger partial charge is 0.251 e. The molecule has 0 heterocycles. The zero-order chi connectivity index (χ0) is 20.0. The summed E-state index contributed by atoms with van der Waals surface area (Å²) in [4.78, 5) is 24.1. The van der Waals surface area contributed by atoms with E-state index >= 15 is 0 Å². The summed E-state index contributed by atoms with van der Waals surface area (Å²) in [6, 6.07) is 7.84. The van der Waals surface area contributed by atoms with Crippen LogP contribution in [0.5, 0.6) is 11.5 Å². The first-order valence-electron chi connectivity index (χ1n) is 7.80. The fourth-order valence-corrected chi connectivity index (χ4v) is 2.13. The Labute approximate surface area is 154 Å². The highest BCUT2D eigenvalue weighted by atomic mass is 19.1. The first-order chi connectivity index (χ1) is 12.8. The molecule has 2 rings (SSSR count). The summed E-state index contributed by atoms with van der Waals surface area (Å²) in [7, 11) is 2.78. The molecule has 0 radical (unpaired) electrons. The Bertz CT molecular complexity index is 884. The summed E-state index contributed by atoms with van der Waals surface area (Å²) in [5, 5.41) is 4.65. The number of carbonyl (C=O) groups excluding carboxylic acids is 2. The predicted octanol–water partition coefficient (Wildman–Crippen LogP) is 3.51. The standard InChI is InChI=1S/C19H18F2N2O4/c1-11(19(25)23-17-7-5-13(27-3)10-15(17)21)8-18(24)22-16-6-4-12(26-2)9-14(16)20/h4-7,9-10H,1,8H2,2-3H3,(H,22,24)(H,23,25). The third-order valence-electron chi connectivity index (χ3n) is 3.57. The van der Waals surface area contributed by atoms with Gasteiger partial charge in [0.1, 0.15) is 23.1 Å². The molecule has 0 aliphatic heterocycles. The Balaban J connectivity index is 1.95. The number of hydrogen-bond donors (Lipinski definition) is 2. The molecule has 2 amide bonds. The van der Waals surface area contributed by atoms with Gasteiger partial charge in [0.2, 0.25) is 5.91 Å². The van der Waals surface area contributed by atoms with Crippen LogP contribution in [0.4, 0.5) is 20.2 Å². The molecule has 0 aromatic heterocycles. The summed E-state index contributed by atoms with van der Waals surface area (Å²) in [6.07, 6.45) is -0.394. The Morgan fingerprint density at radius 1 is 0.926 bits per heavy atom. The number of carbonyl (C=O) groups is 2. The first-order valence-corrected chi connectivity index (χ1v) is 7.80. The minimum absolute atomic E-state index is 0.0600. The summed E-state index contributed by atoms with van der Waals surface area (Å²) < 4.78 is 37.4. The van der Waals surface area contributed by atoms with Crippen LogP contribution in [0.1, 0.15) is 6.42 Å². The van der Waals surface area contributed by atoms with Crippen molar-refractivity contribution < 1.29 is 27.8 Å². The van der Waals surface area contributed by atoms with Crippen molar-refractivity contribution in [1.82, 2.24) is 0 Å². The molecular formula is C19H18F2N2O4. The quantitative estimate of drug-likeness (QED) is 0.725. The minimum atomic E-state index is -0.732. The van der Waals surface area contributed by atoms with E-state index in [9.17, 15) is 18.4 Å². The molecule has 0 fully saturated rings. The average Bonchev–Trinajstić information content (AvgIpc) is 2.64. The van der Waals surface area contributed by atoms with Gasteiger partial charge in [-0.25, -0.2) is 8.78 Å². The number of benzene rings is 2. The van der Waals surface area contributed by atoms with Crippen LogP contribution in [-0.4, -0.2) is 26.0 Å². The zero-order valence-corrected chi connectivity index (χ0v) is 14.8. The number of rotatable bonds is 7. The van der Waals surface area contributed by atoms with Crippen LogP contribution >= 0.6 is 0 Å². The van der Waals surface area contributed by atoms with Crippen LogP contribution in [0.2, 0.25) is 0 Å². The molecule has 0 saturated heterocycles. The summed E-state index contributed by atoms with van der Waals surface area (Å²) in [5.41, 5.74) is -0.254. The molecule has 0 aliphatic rings. The van der Waals surface area contributed by atoms with E-state index in [2.05, 4.69) is 17.2 Å². The van der Waals surface area contributed by atoms with E-state index in [1.807, 2.05) is 0 Å². The number of nitrogens with one attached hydrogen (secondary N) is 2. The molecule has 0 atom stereocenters. The van der Waals surface area contributed by atoms with Crippen LogP contribution in [-0.2, 0) is 9.59 Å². The van der Waals surface area contributed by atoms with Crippen molar-refractivity contribution in [2.24, 2.45) is 0 Å². The molecule has 0 saturated carbocycles. The molecule has 142 valence electrons. The number of methoxy groups -OCH3 is 2. The van der Waals surface area contributed by atoms with Crippen molar-refractivity contribution in [2.45, 2.75) is 6.42 Å². The molecule has 0 spiro atoms. The topological polar surface area (TPSA) is 76.7 Å². The van der Waals surface area contributed by atoms with Crippen molar-refractivity contribution in [3.05, 3.63) is 60.2 Å². The molecule has 6 nitrogen and oxygen atoms in total. The Hall–Kier alpha value is -3.42. The first kappa shape index (κ1) is 19.9. The molecule has 2 aromatic carbocycles. The van der Waals surface area contributed by atoms with Crippen molar-refractivity contribution >= 4 is 23.2 Å². The van der Waals surface area contributed by atoms with Crippen LogP contribution in [0.15, 0.2) is 48.6 Å². The fourth-order valence-electron chi connectivity index (χ4n) is 2.13. The highest BCUT2D eigenvalue weighted by Gasteiger charge is 2.15. The van der Waals surface area contributed by atoms with Gasteiger partial charge in [0.05, 0.1) is 32.0 Å². The van der Waals surface area contributed by atoms with E-state index in [-0.39, 0.29) is 16.9 Å². The molecule has 0 aliphatic carbocycles. The largest absolute Gasteiger partial charge is 0.497 e. The molecule has 2 aromatic rings. The van der Waals surface area contributed by atoms with E-state index < -0.39 is 29.9 Å². The normalized spacial score (nSPS) is 10.1. The zero-order valence-electron chi connectivity index (χ0n) is 14.8. The maximum absolute atomic E-state index is 13.9. The van der Waals surface area contributed by atoms with Gasteiger partial charge in [-0.1, -0.05) is 6.58 Å². The van der Waals surface area contributed by atoms with E-state index in [1.54, 1.807) is 0 Å². The maximum Gasteiger partial charge on any atom is 0.251 e. The Morgan fingerprint density at radius 2 is 1.41 bits per heavy atom. The predicted molar refractivity (Wildman–Crippen MR) is 96.9 cm³/mol. The van der Waals surface area contributed by atoms with Crippen LogP contribution in [0, 0.1) is 11.6 Å². The maximum atomic E-state index is 13.9. The van der Waals surface area contributed by atoms with Crippen molar-refractivity contribution in [1.29, 1.82) is 0 Å². The van der Waals surface area contributed by atoms with E-state index in [1.165, 1.54) is 38.5 Å². The molecule has 2 N–H and O–H groups in total. The molecule has 8 heteroatoms. The number of hydrogen-bond acceptors (Lipinski definition) is 4. The van der Waals surface area contributed by atoms with Gasteiger partial charge in [-0.05, 0) is 24.3 Å². The molecule has 0 bridgehead atoms. The lowest BCUT2D eigenvalue weighted by Gasteiger charge is -2.11. The highest BCUT2D eigenvalue weighted by Crippen LogP contribution is 2.22. The van der Waals surface area contributed by atoms with Crippen molar-refractivity contribution in [3.63, 3.8) is 0 Å².